The highest BCUT2D eigenvalue weighted by atomic mass is 35.5. The zero-order valence-electron chi connectivity index (χ0n) is 16.9. The summed E-state index contributed by atoms with van der Waals surface area (Å²) in [5.41, 5.74) is 1.65. The number of Topliss-reactive ketones (excluding diaryl/α,β-unsaturated/α-hetero) is 1. The fraction of sp³-hybridized carbons (Fsp3) is 0.150. The summed E-state index contributed by atoms with van der Waals surface area (Å²) in [6.45, 7) is 1.29. The Labute approximate surface area is 190 Å². The van der Waals surface area contributed by atoms with Gasteiger partial charge < -0.3 is 5.32 Å². The molecule has 0 saturated heterocycles. The fourth-order valence-corrected chi connectivity index (χ4v) is 2.65. The average molecular weight is 484 g/mol. The highest BCUT2D eigenvalue weighted by Gasteiger charge is 2.31. The van der Waals surface area contributed by atoms with E-state index in [1.165, 1.54) is 37.3 Å². The number of nitrogens with one attached hydrogen (secondary N) is 3. The minimum absolute atomic E-state index is 0.150. The summed E-state index contributed by atoms with van der Waals surface area (Å²) < 4.78 is 38.8. The Morgan fingerprint density at radius 2 is 1.64 bits per heavy atom. The minimum Gasteiger partial charge on any atom is -0.321 e. The quantitative estimate of drug-likeness (QED) is 0.124. The third-order valence-corrected chi connectivity index (χ3v) is 4.48. The van der Waals surface area contributed by atoms with Gasteiger partial charge in [0.2, 0.25) is 0 Å². The average Bonchev–Trinajstić information content (AvgIpc) is 2.77. The Kier molecular flexibility index (Phi) is 8.26. The molecule has 0 aromatic heterocycles. The molecule has 2 rings (SSSR count). The van der Waals surface area contributed by atoms with E-state index in [1.54, 1.807) is 10.9 Å². The SMILES string of the molecule is C[C@@H](C(=O)c1ccc(Cl)cc1)/C(=N\NC(=O)C(=O)NN)C(=O)Nc1cccc(C(F)(F)F)c1. The van der Waals surface area contributed by atoms with Gasteiger partial charge in [0.15, 0.2) is 5.78 Å². The predicted octanol–water partition coefficient (Wildman–Crippen LogP) is 2.28. The van der Waals surface area contributed by atoms with Gasteiger partial charge in [-0.3, -0.25) is 24.6 Å². The molecule has 0 aliphatic heterocycles. The van der Waals surface area contributed by atoms with Gasteiger partial charge in [-0.05, 0) is 49.4 Å². The number of ketones is 1. The number of nitrogens with two attached hydrogens (primary N) is 1. The van der Waals surface area contributed by atoms with Crippen molar-refractivity contribution in [2.75, 3.05) is 5.32 Å². The van der Waals surface area contributed by atoms with E-state index in [1.807, 2.05) is 0 Å². The maximum Gasteiger partial charge on any atom is 0.416 e. The van der Waals surface area contributed by atoms with E-state index < -0.39 is 46.9 Å². The van der Waals surface area contributed by atoms with E-state index >= 15 is 0 Å². The van der Waals surface area contributed by atoms with Crippen LogP contribution in [0.3, 0.4) is 0 Å². The molecular formula is C20H17ClF3N5O4. The van der Waals surface area contributed by atoms with E-state index in [-0.39, 0.29) is 11.3 Å². The highest BCUT2D eigenvalue weighted by Crippen LogP contribution is 2.30. The number of anilines is 1. The first-order chi connectivity index (χ1) is 15.4. The summed E-state index contributed by atoms with van der Waals surface area (Å²) in [5.74, 6) is -0.756. The lowest BCUT2D eigenvalue weighted by atomic mass is 9.94. The summed E-state index contributed by atoms with van der Waals surface area (Å²) >= 11 is 5.80. The van der Waals surface area contributed by atoms with Gasteiger partial charge in [0.1, 0.15) is 5.71 Å². The lowest BCUT2D eigenvalue weighted by Crippen LogP contribution is -2.43. The van der Waals surface area contributed by atoms with E-state index in [9.17, 15) is 32.3 Å². The van der Waals surface area contributed by atoms with Gasteiger partial charge in [-0.25, -0.2) is 11.3 Å². The van der Waals surface area contributed by atoms with E-state index in [0.29, 0.717) is 11.1 Å². The molecule has 0 unspecified atom stereocenters. The Bertz CT molecular complexity index is 1100. The standard InChI is InChI=1S/C20H17ClF3N5O4/c1-10(16(30)11-5-7-13(21)8-6-11)15(28-29-19(33)18(32)27-25)17(31)26-14-4-2-3-12(9-14)20(22,23)24/h2-10H,25H2,1H3,(H,26,31)(H,27,32)(H,29,33)/b28-15+/t10-/m1/s1. The van der Waals surface area contributed by atoms with Gasteiger partial charge in [0.05, 0.1) is 11.5 Å². The number of alkyl halides is 3. The molecule has 2 aromatic rings. The number of amides is 3. The summed E-state index contributed by atoms with van der Waals surface area (Å²) in [4.78, 5) is 48.5. The summed E-state index contributed by atoms with van der Waals surface area (Å²) in [6, 6.07) is 9.42. The van der Waals surface area contributed by atoms with Gasteiger partial charge >= 0.3 is 18.0 Å². The first kappa shape index (κ1) is 25.5. The molecule has 13 heteroatoms. The van der Waals surface area contributed by atoms with Crippen LogP contribution >= 0.6 is 11.6 Å². The molecule has 3 amide bonds. The molecule has 0 spiro atoms. The van der Waals surface area contributed by atoms with Crippen LogP contribution in [0.1, 0.15) is 22.8 Å². The number of carbonyl (C=O) groups excluding carboxylic acids is 4. The summed E-state index contributed by atoms with van der Waals surface area (Å²) in [6.07, 6.45) is -4.65. The van der Waals surface area contributed by atoms with Gasteiger partial charge in [-0.2, -0.15) is 18.3 Å². The normalized spacial score (nSPS) is 12.5. The van der Waals surface area contributed by atoms with Crippen molar-refractivity contribution in [3.8, 4) is 0 Å². The largest absolute Gasteiger partial charge is 0.416 e. The van der Waals surface area contributed by atoms with Crippen molar-refractivity contribution >= 4 is 46.5 Å². The molecule has 1 atom stereocenters. The number of rotatable bonds is 6. The van der Waals surface area contributed by atoms with Crippen LogP contribution in [0.5, 0.6) is 0 Å². The van der Waals surface area contributed by atoms with Crippen molar-refractivity contribution < 1.29 is 32.3 Å². The smallest absolute Gasteiger partial charge is 0.321 e. The van der Waals surface area contributed by atoms with Crippen LogP contribution in [0.15, 0.2) is 53.6 Å². The zero-order chi connectivity index (χ0) is 24.8. The number of halogens is 4. The number of hydrazone groups is 1. The first-order valence-electron chi connectivity index (χ1n) is 9.11. The van der Waals surface area contributed by atoms with Crippen LogP contribution in [-0.4, -0.2) is 29.2 Å². The lowest BCUT2D eigenvalue weighted by molar-refractivity contribution is -0.139. The fourth-order valence-electron chi connectivity index (χ4n) is 2.53. The second kappa shape index (κ2) is 10.7. The molecule has 0 radical (unpaired) electrons. The van der Waals surface area contributed by atoms with E-state index in [0.717, 1.165) is 12.1 Å². The van der Waals surface area contributed by atoms with Crippen LogP contribution in [0, 0.1) is 5.92 Å². The molecule has 5 N–H and O–H groups in total. The second-order valence-corrected chi connectivity index (χ2v) is 6.97. The molecule has 0 aliphatic carbocycles. The lowest BCUT2D eigenvalue weighted by Gasteiger charge is -2.15. The third-order valence-electron chi connectivity index (χ3n) is 4.23. The number of benzene rings is 2. The van der Waals surface area contributed by atoms with Gasteiger partial charge in [0, 0.05) is 16.3 Å². The van der Waals surface area contributed by atoms with Crippen LogP contribution in [0.25, 0.3) is 0 Å². The molecule has 174 valence electrons. The molecule has 0 saturated carbocycles. The number of nitrogens with zero attached hydrogens (tertiary/aromatic N) is 1. The number of hydrogen-bond donors (Lipinski definition) is 4. The molecule has 2 aromatic carbocycles. The van der Waals surface area contributed by atoms with Crippen molar-refractivity contribution in [3.63, 3.8) is 0 Å². The van der Waals surface area contributed by atoms with Crippen LogP contribution in [0.2, 0.25) is 5.02 Å². The molecule has 0 bridgehead atoms. The highest BCUT2D eigenvalue weighted by molar-refractivity contribution is 6.47. The summed E-state index contributed by atoms with van der Waals surface area (Å²) in [7, 11) is 0. The van der Waals surface area contributed by atoms with E-state index in [4.69, 9.17) is 17.4 Å². The first-order valence-corrected chi connectivity index (χ1v) is 9.48. The van der Waals surface area contributed by atoms with Crippen molar-refractivity contribution in [1.82, 2.24) is 10.9 Å². The second-order valence-electron chi connectivity index (χ2n) is 6.54. The van der Waals surface area contributed by atoms with Gasteiger partial charge in [0.25, 0.3) is 5.91 Å². The Morgan fingerprint density at radius 3 is 2.21 bits per heavy atom. The van der Waals surface area contributed by atoms with Crippen LogP contribution in [0.4, 0.5) is 18.9 Å². The molecular weight excluding hydrogens is 467 g/mol. The zero-order valence-corrected chi connectivity index (χ0v) is 17.6. The molecule has 0 aliphatic rings. The van der Waals surface area contributed by atoms with Crippen LogP contribution in [-0.2, 0) is 20.6 Å². The van der Waals surface area contributed by atoms with Crippen LogP contribution < -0.4 is 22.0 Å². The van der Waals surface area contributed by atoms with Gasteiger partial charge in [-0.15, -0.1) is 0 Å². The molecule has 33 heavy (non-hydrogen) atoms. The Balaban J connectivity index is 2.36. The Hall–Kier alpha value is -3.77. The van der Waals surface area contributed by atoms with Crippen molar-refractivity contribution in [3.05, 3.63) is 64.7 Å². The molecule has 0 heterocycles. The molecule has 0 fully saturated rings. The topological polar surface area (TPSA) is 143 Å². The van der Waals surface area contributed by atoms with Crippen molar-refractivity contribution in [2.45, 2.75) is 13.1 Å². The predicted molar refractivity (Wildman–Crippen MR) is 113 cm³/mol. The Morgan fingerprint density at radius 1 is 1.00 bits per heavy atom. The maximum atomic E-state index is 12.9. The number of hydrazine groups is 1. The molecule has 9 nitrogen and oxygen atoms in total. The third kappa shape index (κ3) is 6.85. The number of carbonyl (C=O) groups is 4. The van der Waals surface area contributed by atoms with E-state index in [2.05, 4.69) is 10.4 Å². The minimum atomic E-state index is -4.65. The summed E-state index contributed by atoms with van der Waals surface area (Å²) in [5, 5.41) is 6.10. The monoisotopic (exact) mass is 483 g/mol. The van der Waals surface area contributed by atoms with Gasteiger partial charge in [-0.1, -0.05) is 17.7 Å². The number of hydrogen-bond acceptors (Lipinski definition) is 6. The maximum absolute atomic E-state index is 12.9. The van der Waals surface area contributed by atoms with Crippen molar-refractivity contribution in [2.24, 2.45) is 16.9 Å². The van der Waals surface area contributed by atoms with Crippen molar-refractivity contribution in [1.29, 1.82) is 0 Å².